The number of carbonyl (C=O) groups is 1. The van der Waals surface area contributed by atoms with Crippen molar-refractivity contribution in [1.82, 2.24) is 10.3 Å². The van der Waals surface area contributed by atoms with Gasteiger partial charge >= 0.3 is 0 Å². The Hall–Kier alpha value is -1.88. The van der Waals surface area contributed by atoms with Gasteiger partial charge in [-0.25, -0.2) is 4.98 Å². The second kappa shape index (κ2) is 6.26. The summed E-state index contributed by atoms with van der Waals surface area (Å²) in [7, 11) is 0. The fourth-order valence-corrected chi connectivity index (χ4v) is 3.43. The second-order valence-corrected chi connectivity index (χ2v) is 6.27. The van der Waals surface area contributed by atoms with Crippen LogP contribution in [0.25, 0.3) is 0 Å². The lowest BCUT2D eigenvalue weighted by Gasteiger charge is -2.18. The third-order valence-corrected chi connectivity index (χ3v) is 4.84. The first-order valence-corrected chi connectivity index (χ1v) is 8.10. The fourth-order valence-electron chi connectivity index (χ4n) is 2.71. The van der Waals surface area contributed by atoms with Crippen molar-refractivity contribution in [3.63, 3.8) is 0 Å². The van der Waals surface area contributed by atoms with Crippen LogP contribution >= 0.6 is 11.3 Å². The molecular formula is C16H19N3OS. The molecule has 1 fully saturated rings. The molecule has 0 bridgehead atoms. The number of aromatic nitrogens is 1. The zero-order valence-corrected chi connectivity index (χ0v) is 12.9. The Morgan fingerprint density at radius 2 is 2.24 bits per heavy atom. The first-order valence-electron chi connectivity index (χ1n) is 7.22. The highest BCUT2D eigenvalue weighted by atomic mass is 32.1. The number of para-hydroxylation sites is 1. The lowest BCUT2D eigenvalue weighted by Crippen LogP contribution is -2.30. The third kappa shape index (κ3) is 3.24. The Bertz CT molecular complexity index is 611. The van der Waals surface area contributed by atoms with Crippen LogP contribution in [0.15, 0.2) is 35.8 Å². The maximum Gasteiger partial charge on any atom is 0.263 e. The molecule has 1 N–H and O–H groups in total. The number of amides is 1. The topological polar surface area (TPSA) is 45.2 Å². The molecule has 1 atom stereocenters. The molecule has 1 aliphatic heterocycles. The average molecular weight is 301 g/mol. The van der Waals surface area contributed by atoms with Gasteiger partial charge in [0.1, 0.15) is 4.88 Å². The van der Waals surface area contributed by atoms with Gasteiger partial charge in [-0.1, -0.05) is 18.2 Å². The van der Waals surface area contributed by atoms with Crippen LogP contribution < -0.4 is 10.2 Å². The van der Waals surface area contributed by atoms with E-state index in [1.165, 1.54) is 17.0 Å². The number of anilines is 1. The molecule has 4 nitrogen and oxygen atoms in total. The number of thiazole rings is 1. The maximum absolute atomic E-state index is 12.1. The molecule has 21 heavy (non-hydrogen) atoms. The van der Waals surface area contributed by atoms with Gasteiger partial charge in [0, 0.05) is 25.3 Å². The van der Waals surface area contributed by atoms with Gasteiger partial charge < -0.3 is 10.2 Å². The fraction of sp³-hybridized carbons (Fsp3) is 0.375. The molecule has 0 radical (unpaired) electrons. The Kier molecular flexibility index (Phi) is 4.20. The number of nitrogens with one attached hydrogen (secondary N) is 1. The van der Waals surface area contributed by atoms with Crippen LogP contribution in [0.1, 0.15) is 21.8 Å². The Morgan fingerprint density at radius 1 is 1.43 bits per heavy atom. The number of benzene rings is 1. The van der Waals surface area contributed by atoms with Gasteiger partial charge in [-0.3, -0.25) is 4.79 Å². The predicted molar refractivity (Wildman–Crippen MR) is 85.9 cm³/mol. The van der Waals surface area contributed by atoms with Crippen molar-refractivity contribution in [2.45, 2.75) is 13.3 Å². The first kappa shape index (κ1) is 14.1. The van der Waals surface area contributed by atoms with Crippen LogP contribution in [0.5, 0.6) is 0 Å². The zero-order chi connectivity index (χ0) is 14.7. The van der Waals surface area contributed by atoms with E-state index in [-0.39, 0.29) is 5.91 Å². The van der Waals surface area contributed by atoms with Gasteiger partial charge in [0.2, 0.25) is 0 Å². The Balaban J connectivity index is 1.52. The standard InChI is InChI=1S/C16H19N3OS/c1-12-15(21-11-18-12)16(20)17-9-13-7-8-19(10-13)14-5-3-2-4-6-14/h2-6,11,13H,7-10H2,1H3,(H,17,20)/t13-/m1/s1. The lowest BCUT2D eigenvalue weighted by molar-refractivity contribution is 0.0951. The number of hydrogen-bond acceptors (Lipinski definition) is 4. The Labute approximate surface area is 128 Å². The van der Waals surface area contributed by atoms with E-state index in [0.29, 0.717) is 5.92 Å². The van der Waals surface area contributed by atoms with Gasteiger partial charge in [0.25, 0.3) is 5.91 Å². The molecule has 1 amide bonds. The molecule has 3 rings (SSSR count). The zero-order valence-electron chi connectivity index (χ0n) is 12.1. The lowest BCUT2D eigenvalue weighted by atomic mass is 10.1. The highest BCUT2D eigenvalue weighted by Gasteiger charge is 2.23. The molecule has 1 aliphatic rings. The van der Waals surface area contributed by atoms with Crippen molar-refractivity contribution in [1.29, 1.82) is 0 Å². The van der Waals surface area contributed by atoms with Crippen LogP contribution in [0.3, 0.4) is 0 Å². The normalized spacial score (nSPS) is 18.0. The van der Waals surface area contributed by atoms with Crippen molar-refractivity contribution in [3.8, 4) is 0 Å². The van der Waals surface area contributed by atoms with Crippen molar-refractivity contribution >= 4 is 22.9 Å². The molecule has 1 aromatic heterocycles. The summed E-state index contributed by atoms with van der Waals surface area (Å²) in [6.07, 6.45) is 1.12. The molecule has 0 unspecified atom stereocenters. The van der Waals surface area contributed by atoms with Crippen molar-refractivity contribution in [3.05, 3.63) is 46.4 Å². The number of carbonyl (C=O) groups excluding carboxylic acids is 1. The van der Waals surface area contributed by atoms with Crippen molar-refractivity contribution < 1.29 is 4.79 Å². The summed E-state index contributed by atoms with van der Waals surface area (Å²) in [6.45, 7) is 4.67. The molecule has 0 spiro atoms. The van der Waals surface area contributed by atoms with Gasteiger partial charge in [-0.05, 0) is 31.4 Å². The van der Waals surface area contributed by atoms with Gasteiger partial charge in [-0.2, -0.15) is 0 Å². The molecule has 2 aromatic rings. The average Bonchev–Trinajstić information content (AvgIpc) is 3.15. The van der Waals surface area contributed by atoms with E-state index >= 15 is 0 Å². The summed E-state index contributed by atoms with van der Waals surface area (Å²) in [6, 6.07) is 10.5. The van der Waals surface area contributed by atoms with E-state index in [1.54, 1.807) is 5.51 Å². The highest BCUT2D eigenvalue weighted by molar-refractivity contribution is 7.11. The number of nitrogens with zero attached hydrogens (tertiary/aromatic N) is 2. The van der Waals surface area contributed by atoms with Gasteiger partial charge in [0.15, 0.2) is 0 Å². The maximum atomic E-state index is 12.1. The minimum Gasteiger partial charge on any atom is -0.371 e. The number of hydrogen-bond donors (Lipinski definition) is 1. The predicted octanol–water partition coefficient (Wildman–Crippen LogP) is 2.71. The van der Waals surface area contributed by atoms with Gasteiger partial charge in [0.05, 0.1) is 11.2 Å². The minimum atomic E-state index is 0.00756. The molecule has 5 heteroatoms. The molecule has 110 valence electrons. The number of aryl methyl sites for hydroxylation is 1. The van der Waals surface area contributed by atoms with Crippen molar-refractivity contribution in [2.75, 3.05) is 24.5 Å². The van der Waals surface area contributed by atoms with E-state index in [2.05, 4.69) is 39.5 Å². The largest absolute Gasteiger partial charge is 0.371 e. The van der Waals surface area contributed by atoms with E-state index < -0.39 is 0 Å². The van der Waals surface area contributed by atoms with E-state index in [9.17, 15) is 4.79 Å². The Morgan fingerprint density at radius 3 is 2.95 bits per heavy atom. The van der Waals surface area contributed by atoms with E-state index in [0.717, 1.165) is 36.6 Å². The summed E-state index contributed by atoms with van der Waals surface area (Å²) >= 11 is 1.40. The van der Waals surface area contributed by atoms with Crippen molar-refractivity contribution in [2.24, 2.45) is 5.92 Å². The smallest absolute Gasteiger partial charge is 0.263 e. The van der Waals surface area contributed by atoms with E-state index in [1.807, 2.05) is 13.0 Å². The van der Waals surface area contributed by atoms with Crippen LogP contribution in [-0.2, 0) is 0 Å². The first-order chi connectivity index (χ1) is 10.2. The summed E-state index contributed by atoms with van der Waals surface area (Å²) in [4.78, 5) is 19.3. The monoisotopic (exact) mass is 301 g/mol. The summed E-state index contributed by atoms with van der Waals surface area (Å²) < 4.78 is 0. The summed E-state index contributed by atoms with van der Waals surface area (Å²) in [5.41, 5.74) is 3.80. The van der Waals surface area contributed by atoms with Gasteiger partial charge in [-0.15, -0.1) is 11.3 Å². The molecule has 1 saturated heterocycles. The van der Waals surface area contributed by atoms with E-state index in [4.69, 9.17) is 0 Å². The summed E-state index contributed by atoms with van der Waals surface area (Å²) in [5.74, 6) is 0.524. The second-order valence-electron chi connectivity index (χ2n) is 5.41. The van der Waals surface area contributed by atoms with Crippen LogP contribution in [0.4, 0.5) is 5.69 Å². The molecular weight excluding hydrogens is 282 g/mol. The molecule has 2 heterocycles. The molecule has 0 aliphatic carbocycles. The van der Waals surface area contributed by atoms with Crippen LogP contribution in [-0.4, -0.2) is 30.5 Å². The SMILES string of the molecule is Cc1ncsc1C(=O)NC[C@H]1CCN(c2ccccc2)C1. The van der Waals surface area contributed by atoms with Crippen LogP contribution in [0.2, 0.25) is 0 Å². The highest BCUT2D eigenvalue weighted by Crippen LogP contribution is 2.23. The third-order valence-electron chi connectivity index (χ3n) is 3.91. The molecule has 0 saturated carbocycles. The number of rotatable bonds is 4. The quantitative estimate of drug-likeness (QED) is 0.944. The van der Waals surface area contributed by atoms with Crippen LogP contribution in [0, 0.1) is 12.8 Å². The minimum absolute atomic E-state index is 0.00756. The summed E-state index contributed by atoms with van der Waals surface area (Å²) in [5, 5.41) is 3.04. The molecule has 1 aromatic carbocycles.